The van der Waals surface area contributed by atoms with Gasteiger partial charge < -0.3 is 4.98 Å². The van der Waals surface area contributed by atoms with Crippen molar-refractivity contribution < 1.29 is 0 Å². The summed E-state index contributed by atoms with van der Waals surface area (Å²) in [6.07, 6.45) is 1.91. The number of rotatable bonds is 4. The molecule has 3 heteroatoms. The quantitative estimate of drug-likeness (QED) is 0.198. The highest BCUT2D eigenvalue weighted by Crippen LogP contribution is 2.40. The summed E-state index contributed by atoms with van der Waals surface area (Å²) >= 11 is 0. The molecule has 3 nitrogen and oxygen atoms in total. The first-order valence-electron chi connectivity index (χ1n) is 16.7. The fourth-order valence-electron chi connectivity index (χ4n) is 7.42. The Balaban J connectivity index is 1.13. The maximum absolute atomic E-state index is 5.22. The Morgan fingerprint density at radius 1 is 0.367 bits per heavy atom. The van der Waals surface area contributed by atoms with Gasteiger partial charge in [0.1, 0.15) is 0 Å². The Hall–Kier alpha value is -6.58. The number of hydrogen-bond donors (Lipinski definition) is 1. The molecule has 0 saturated heterocycles. The van der Waals surface area contributed by atoms with Crippen LogP contribution in [0.3, 0.4) is 0 Å². The van der Waals surface area contributed by atoms with Crippen molar-refractivity contribution in [3.8, 4) is 44.6 Å². The minimum absolute atomic E-state index is 0.863. The second-order valence-corrected chi connectivity index (χ2v) is 12.7. The van der Waals surface area contributed by atoms with Gasteiger partial charge in [-0.1, -0.05) is 140 Å². The number of nitrogens with zero attached hydrogens (tertiary/aromatic N) is 2. The molecule has 8 aromatic carbocycles. The van der Waals surface area contributed by atoms with Crippen LogP contribution in [0, 0.1) is 0 Å². The van der Waals surface area contributed by atoms with Crippen LogP contribution in [0.25, 0.3) is 99.0 Å². The van der Waals surface area contributed by atoms with Gasteiger partial charge in [-0.2, -0.15) is 0 Å². The summed E-state index contributed by atoms with van der Waals surface area (Å²) < 4.78 is 0. The molecule has 2 aromatic heterocycles. The van der Waals surface area contributed by atoms with E-state index in [0.717, 1.165) is 49.7 Å². The summed E-state index contributed by atoms with van der Waals surface area (Å²) in [5.74, 6) is 0. The third kappa shape index (κ3) is 4.51. The van der Waals surface area contributed by atoms with Crippen molar-refractivity contribution in [1.29, 1.82) is 0 Å². The van der Waals surface area contributed by atoms with Gasteiger partial charge in [0.25, 0.3) is 0 Å². The molecular formula is C46H29N3. The van der Waals surface area contributed by atoms with Crippen molar-refractivity contribution in [3.63, 3.8) is 0 Å². The zero-order valence-corrected chi connectivity index (χ0v) is 26.6. The average molecular weight is 624 g/mol. The minimum atomic E-state index is 0.863. The van der Waals surface area contributed by atoms with Gasteiger partial charge in [0.15, 0.2) is 0 Å². The zero-order chi connectivity index (χ0) is 32.3. The van der Waals surface area contributed by atoms with E-state index in [1.54, 1.807) is 0 Å². The molecule has 1 N–H and O–H groups in total. The fraction of sp³-hybridized carbons (Fsp3) is 0. The lowest BCUT2D eigenvalue weighted by Gasteiger charge is -2.11. The first kappa shape index (κ1) is 27.5. The molecule has 2 heterocycles. The number of benzene rings is 8. The lowest BCUT2D eigenvalue weighted by atomic mass is 9.94. The molecule has 0 spiro atoms. The van der Waals surface area contributed by atoms with Crippen molar-refractivity contribution in [3.05, 3.63) is 170 Å². The van der Waals surface area contributed by atoms with Crippen LogP contribution in [0.15, 0.2) is 170 Å². The van der Waals surface area contributed by atoms with Crippen molar-refractivity contribution in [1.82, 2.24) is 15.0 Å². The molecule has 0 bridgehead atoms. The SMILES string of the molecule is c1ccc(-c2ccc3[nH]c4c(-c5ccc(-c6cnc7c8ccccc8c8ccccc8c7n6)cc5)cc(-c5ccccc5)cc4c3c2)cc1. The molecule has 0 aliphatic carbocycles. The molecule has 0 amide bonds. The van der Waals surface area contributed by atoms with Crippen molar-refractivity contribution in [2.45, 2.75) is 0 Å². The van der Waals surface area contributed by atoms with Crippen LogP contribution >= 0.6 is 0 Å². The van der Waals surface area contributed by atoms with Crippen LogP contribution in [0.4, 0.5) is 0 Å². The summed E-state index contributed by atoms with van der Waals surface area (Å²) in [6.45, 7) is 0. The Kier molecular flexibility index (Phi) is 6.18. The smallest absolute Gasteiger partial charge is 0.0979 e. The third-order valence-corrected chi connectivity index (χ3v) is 9.84. The number of fused-ring (bicyclic) bond motifs is 9. The van der Waals surface area contributed by atoms with Crippen molar-refractivity contribution >= 4 is 54.4 Å². The number of aromatic nitrogens is 3. The van der Waals surface area contributed by atoms with E-state index < -0.39 is 0 Å². The predicted octanol–water partition coefficient (Wildman–Crippen LogP) is 12.2. The van der Waals surface area contributed by atoms with E-state index in [-0.39, 0.29) is 0 Å². The van der Waals surface area contributed by atoms with Gasteiger partial charge in [-0.15, -0.1) is 0 Å². The third-order valence-electron chi connectivity index (χ3n) is 9.84. The second-order valence-electron chi connectivity index (χ2n) is 12.7. The molecule has 0 aliphatic heterocycles. The number of nitrogens with one attached hydrogen (secondary N) is 1. The molecule has 10 rings (SSSR count). The standard InChI is InChI=1S/C46H29N3/c1-3-11-29(12-4-1)33-23-24-42-40(25-33)41-27-34(30-13-5-2-6-14-30)26-39(44(41)48-42)31-19-21-32(22-20-31)43-28-47-45-37-17-9-7-15-35(37)36-16-8-10-18-38(36)46(45)49-43/h1-28,48H. The normalized spacial score (nSPS) is 11.7. The summed E-state index contributed by atoms with van der Waals surface area (Å²) in [4.78, 5) is 14.0. The van der Waals surface area contributed by atoms with Crippen LogP contribution in [-0.2, 0) is 0 Å². The number of aromatic amines is 1. The lowest BCUT2D eigenvalue weighted by Crippen LogP contribution is -1.92. The molecule has 0 radical (unpaired) electrons. The topological polar surface area (TPSA) is 41.6 Å². The van der Waals surface area contributed by atoms with E-state index >= 15 is 0 Å². The minimum Gasteiger partial charge on any atom is -0.354 e. The summed E-state index contributed by atoms with van der Waals surface area (Å²) in [5.41, 5.74) is 13.2. The Morgan fingerprint density at radius 2 is 0.918 bits per heavy atom. The predicted molar refractivity (Wildman–Crippen MR) is 206 cm³/mol. The van der Waals surface area contributed by atoms with E-state index in [9.17, 15) is 0 Å². The van der Waals surface area contributed by atoms with Crippen LogP contribution in [0.2, 0.25) is 0 Å². The van der Waals surface area contributed by atoms with Gasteiger partial charge in [-0.3, -0.25) is 4.98 Å². The highest BCUT2D eigenvalue weighted by molar-refractivity contribution is 6.23. The molecule has 49 heavy (non-hydrogen) atoms. The highest BCUT2D eigenvalue weighted by Gasteiger charge is 2.16. The first-order chi connectivity index (χ1) is 24.3. The van der Waals surface area contributed by atoms with E-state index in [4.69, 9.17) is 9.97 Å². The molecule has 0 fully saturated rings. The maximum atomic E-state index is 5.22. The van der Waals surface area contributed by atoms with Gasteiger partial charge >= 0.3 is 0 Å². The molecule has 0 unspecified atom stereocenters. The number of H-pyrrole nitrogens is 1. The van der Waals surface area contributed by atoms with E-state index in [1.807, 2.05) is 6.20 Å². The van der Waals surface area contributed by atoms with Crippen molar-refractivity contribution in [2.75, 3.05) is 0 Å². The second kappa shape index (κ2) is 11.0. The summed E-state index contributed by atoms with van der Waals surface area (Å²) in [7, 11) is 0. The van der Waals surface area contributed by atoms with Crippen LogP contribution in [0.5, 0.6) is 0 Å². The van der Waals surface area contributed by atoms with Crippen LogP contribution < -0.4 is 0 Å². The largest absolute Gasteiger partial charge is 0.354 e. The molecule has 10 aromatic rings. The van der Waals surface area contributed by atoms with Gasteiger partial charge in [-0.25, -0.2) is 4.98 Å². The molecule has 0 aliphatic rings. The Morgan fingerprint density at radius 3 is 1.61 bits per heavy atom. The van der Waals surface area contributed by atoms with Gasteiger partial charge in [0.2, 0.25) is 0 Å². The molecular weight excluding hydrogens is 595 g/mol. The van der Waals surface area contributed by atoms with E-state index in [1.165, 1.54) is 49.4 Å². The van der Waals surface area contributed by atoms with Gasteiger partial charge in [-0.05, 0) is 62.9 Å². The Labute approximate surface area is 283 Å². The van der Waals surface area contributed by atoms with E-state index in [0.29, 0.717) is 0 Å². The zero-order valence-electron chi connectivity index (χ0n) is 26.6. The lowest BCUT2D eigenvalue weighted by molar-refractivity contribution is 1.31. The Bertz CT molecular complexity index is 2820. The van der Waals surface area contributed by atoms with E-state index in [2.05, 4.69) is 169 Å². The summed E-state index contributed by atoms with van der Waals surface area (Å²) in [6, 6.07) is 58.4. The van der Waals surface area contributed by atoms with Gasteiger partial charge in [0, 0.05) is 38.2 Å². The molecule has 228 valence electrons. The van der Waals surface area contributed by atoms with Gasteiger partial charge in [0.05, 0.1) is 28.4 Å². The average Bonchev–Trinajstić information content (AvgIpc) is 3.56. The summed E-state index contributed by atoms with van der Waals surface area (Å²) in [5, 5.41) is 7.09. The monoisotopic (exact) mass is 623 g/mol. The number of hydrogen-bond acceptors (Lipinski definition) is 2. The fourth-order valence-corrected chi connectivity index (χ4v) is 7.42. The highest BCUT2D eigenvalue weighted by atomic mass is 14.8. The molecule has 0 atom stereocenters. The first-order valence-corrected chi connectivity index (χ1v) is 16.7. The van der Waals surface area contributed by atoms with Crippen LogP contribution in [-0.4, -0.2) is 15.0 Å². The van der Waals surface area contributed by atoms with Crippen molar-refractivity contribution in [2.24, 2.45) is 0 Å². The van der Waals surface area contributed by atoms with Crippen LogP contribution in [0.1, 0.15) is 0 Å². The molecule has 0 saturated carbocycles. The maximum Gasteiger partial charge on any atom is 0.0979 e.